The Morgan fingerprint density at radius 2 is 1.54 bits per heavy atom. The Balaban J connectivity index is 2.08. The van der Waals surface area contributed by atoms with Gasteiger partial charge in [0.25, 0.3) is 5.91 Å². The maximum absolute atomic E-state index is 12.8. The Bertz CT molecular complexity index is 983. The summed E-state index contributed by atoms with van der Waals surface area (Å²) in [5, 5.41) is 12.7. The number of hydrogen-bond donors (Lipinski definition) is 1. The molecule has 3 aromatic rings. The maximum atomic E-state index is 12.8. The second-order valence-electron chi connectivity index (χ2n) is 5.49. The second-order valence-corrected chi connectivity index (χ2v) is 5.49. The molecule has 0 saturated carbocycles. The summed E-state index contributed by atoms with van der Waals surface area (Å²) in [5.41, 5.74) is 0.270. The lowest BCUT2D eigenvalue weighted by molar-refractivity contribution is 0.0595. The van der Waals surface area contributed by atoms with Crippen molar-refractivity contribution in [1.29, 1.82) is 0 Å². The fraction of sp³-hybridized carbons (Fsp3) is 0.100. The third-order valence-electron chi connectivity index (χ3n) is 4.05. The Morgan fingerprint density at radius 3 is 2.23 bits per heavy atom. The largest absolute Gasteiger partial charge is 0.494 e. The number of rotatable bonds is 4. The van der Waals surface area contributed by atoms with Gasteiger partial charge in [0, 0.05) is 5.39 Å². The third kappa shape index (κ3) is 2.98. The van der Waals surface area contributed by atoms with E-state index in [1.54, 1.807) is 24.3 Å². The molecule has 0 unspecified atom stereocenters. The van der Waals surface area contributed by atoms with Crippen LogP contribution in [0.5, 0.6) is 5.75 Å². The quantitative estimate of drug-likeness (QED) is 0.441. The molecule has 0 atom stereocenters. The van der Waals surface area contributed by atoms with E-state index in [1.807, 2.05) is 24.3 Å². The number of nitrogens with zero attached hydrogens (tertiary/aromatic N) is 1. The smallest absolute Gasteiger partial charge is 0.338 e. The number of esters is 1. The van der Waals surface area contributed by atoms with E-state index >= 15 is 0 Å². The lowest BCUT2D eigenvalue weighted by Gasteiger charge is -2.20. The van der Waals surface area contributed by atoms with Crippen molar-refractivity contribution < 1.29 is 24.3 Å². The van der Waals surface area contributed by atoms with Gasteiger partial charge in [-0.3, -0.25) is 10.0 Å². The van der Waals surface area contributed by atoms with Gasteiger partial charge in [0.1, 0.15) is 5.69 Å². The average Bonchev–Trinajstić information content (AvgIpc) is 2.71. The van der Waals surface area contributed by atoms with Gasteiger partial charge in [-0.25, -0.2) is 4.79 Å². The molecule has 0 saturated heterocycles. The van der Waals surface area contributed by atoms with Crippen molar-refractivity contribution in [2.24, 2.45) is 0 Å². The Labute approximate surface area is 150 Å². The van der Waals surface area contributed by atoms with Gasteiger partial charge in [-0.15, -0.1) is 0 Å². The molecule has 6 nitrogen and oxygen atoms in total. The predicted octanol–water partition coefficient (Wildman–Crippen LogP) is 3.67. The van der Waals surface area contributed by atoms with Gasteiger partial charge in [0.2, 0.25) is 0 Å². The standard InChI is InChI=1S/C20H17NO5/c1-25-18-14-8-4-3-7-13(14)11-12-17(18)21(24)19(22)15-9-5-6-10-16(15)20(23)26-2/h3-12,24H,1-2H3. The topological polar surface area (TPSA) is 76.1 Å². The van der Waals surface area contributed by atoms with Crippen LogP contribution in [0.15, 0.2) is 60.7 Å². The zero-order valence-corrected chi connectivity index (χ0v) is 14.3. The van der Waals surface area contributed by atoms with Crippen molar-refractivity contribution in [3.8, 4) is 5.75 Å². The van der Waals surface area contributed by atoms with Gasteiger partial charge in [-0.2, -0.15) is 5.06 Å². The lowest BCUT2D eigenvalue weighted by atomic mass is 10.1. The molecule has 0 bridgehead atoms. The van der Waals surface area contributed by atoms with E-state index in [1.165, 1.54) is 26.4 Å². The summed E-state index contributed by atoms with van der Waals surface area (Å²) in [4.78, 5) is 24.7. The van der Waals surface area contributed by atoms with Crippen molar-refractivity contribution in [3.05, 3.63) is 71.8 Å². The first-order chi connectivity index (χ1) is 12.6. The van der Waals surface area contributed by atoms with Crippen molar-refractivity contribution in [1.82, 2.24) is 0 Å². The van der Waals surface area contributed by atoms with Crippen LogP contribution in [-0.4, -0.2) is 31.3 Å². The van der Waals surface area contributed by atoms with Crippen LogP contribution in [0.3, 0.4) is 0 Å². The van der Waals surface area contributed by atoms with E-state index < -0.39 is 11.9 Å². The number of hydroxylamine groups is 1. The summed E-state index contributed by atoms with van der Waals surface area (Å²) in [6.07, 6.45) is 0. The molecule has 3 aromatic carbocycles. The Kier molecular flexibility index (Phi) is 4.86. The molecule has 0 aromatic heterocycles. The molecule has 1 amide bonds. The summed E-state index contributed by atoms with van der Waals surface area (Å²) in [5.74, 6) is -1.07. The zero-order valence-electron chi connectivity index (χ0n) is 14.3. The molecule has 0 aliphatic carbocycles. The minimum Gasteiger partial charge on any atom is -0.494 e. The summed E-state index contributed by atoms with van der Waals surface area (Å²) in [6.45, 7) is 0. The van der Waals surface area contributed by atoms with E-state index in [0.717, 1.165) is 10.8 Å². The van der Waals surface area contributed by atoms with E-state index in [4.69, 9.17) is 9.47 Å². The highest BCUT2D eigenvalue weighted by molar-refractivity contribution is 6.12. The van der Waals surface area contributed by atoms with E-state index in [9.17, 15) is 14.8 Å². The molecule has 3 rings (SSSR count). The molecule has 0 spiro atoms. The number of ether oxygens (including phenoxy) is 2. The number of methoxy groups -OCH3 is 2. The van der Waals surface area contributed by atoms with Gasteiger partial charge >= 0.3 is 5.97 Å². The highest BCUT2D eigenvalue weighted by Crippen LogP contribution is 2.36. The van der Waals surface area contributed by atoms with Crippen molar-refractivity contribution in [2.45, 2.75) is 0 Å². The highest BCUT2D eigenvalue weighted by atomic mass is 16.5. The summed E-state index contributed by atoms with van der Waals surface area (Å²) >= 11 is 0. The van der Waals surface area contributed by atoms with E-state index in [2.05, 4.69) is 0 Å². The molecule has 26 heavy (non-hydrogen) atoms. The predicted molar refractivity (Wildman–Crippen MR) is 96.9 cm³/mol. The van der Waals surface area contributed by atoms with Crippen molar-refractivity contribution >= 4 is 28.3 Å². The van der Waals surface area contributed by atoms with Gasteiger partial charge < -0.3 is 9.47 Å². The fourth-order valence-corrected chi connectivity index (χ4v) is 2.79. The minimum atomic E-state index is -0.764. The van der Waals surface area contributed by atoms with Crippen molar-refractivity contribution in [3.63, 3.8) is 0 Å². The maximum Gasteiger partial charge on any atom is 0.338 e. The van der Waals surface area contributed by atoms with Gasteiger partial charge in [0.15, 0.2) is 5.75 Å². The number of fused-ring (bicyclic) bond motifs is 1. The van der Waals surface area contributed by atoms with Crippen LogP contribution in [0.4, 0.5) is 5.69 Å². The molecule has 0 aliphatic heterocycles. The molecule has 0 radical (unpaired) electrons. The molecule has 6 heteroatoms. The van der Waals surface area contributed by atoms with E-state index in [0.29, 0.717) is 10.8 Å². The van der Waals surface area contributed by atoms with Crippen LogP contribution < -0.4 is 9.80 Å². The van der Waals surface area contributed by atoms with Crippen LogP contribution in [0.2, 0.25) is 0 Å². The zero-order chi connectivity index (χ0) is 18.7. The number of hydrogen-bond acceptors (Lipinski definition) is 5. The molecule has 1 N–H and O–H groups in total. The Hall–Kier alpha value is -3.38. The number of benzene rings is 3. The Morgan fingerprint density at radius 1 is 0.885 bits per heavy atom. The van der Waals surface area contributed by atoms with Crippen LogP contribution in [-0.2, 0) is 4.74 Å². The molecular weight excluding hydrogens is 334 g/mol. The number of carbonyl (C=O) groups is 2. The lowest BCUT2D eigenvalue weighted by Crippen LogP contribution is -2.29. The van der Waals surface area contributed by atoms with E-state index in [-0.39, 0.29) is 16.8 Å². The SMILES string of the molecule is COC(=O)c1ccccc1C(=O)N(O)c1ccc2ccccc2c1OC. The first kappa shape index (κ1) is 17.4. The molecule has 0 aliphatic rings. The van der Waals surface area contributed by atoms with Crippen LogP contribution >= 0.6 is 0 Å². The average molecular weight is 351 g/mol. The number of carbonyl (C=O) groups excluding carboxylic acids is 2. The normalized spacial score (nSPS) is 10.4. The van der Waals surface area contributed by atoms with Gasteiger partial charge in [-0.05, 0) is 23.6 Å². The molecular formula is C20H17NO5. The minimum absolute atomic E-state index is 0.0251. The summed E-state index contributed by atoms with van der Waals surface area (Å²) in [7, 11) is 2.69. The highest BCUT2D eigenvalue weighted by Gasteiger charge is 2.25. The van der Waals surface area contributed by atoms with Gasteiger partial charge in [-0.1, -0.05) is 42.5 Å². The summed E-state index contributed by atoms with van der Waals surface area (Å²) < 4.78 is 10.1. The van der Waals surface area contributed by atoms with Crippen molar-refractivity contribution in [2.75, 3.05) is 19.3 Å². The third-order valence-corrected chi connectivity index (χ3v) is 4.05. The molecule has 0 fully saturated rings. The fourth-order valence-electron chi connectivity index (χ4n) is 2.79. The molecule has 132 valence electrons. The van der Waals surface area contributed by atoms with Crippen LogP contribution in [0, 0.1) is 0 Å². The molecule has 0 heterocycles. The first-order valence-electron chi connectivity index (χ1n) is 7.85. The second kappa shape index (κ2) is 7.25. The summed E-state index contributed by atoms with van der Waals surface area (Å²) in [6, 6.07) is 16.9. The number of anilines is 1. The monoisotopic (exact) mass is 351 g/mol. The van der Waals surface area contributed by atoms with Gasteiger partial charge in [0.05, 0.1) is 25.3 Å². The van der Waals surface area contributed by atoms with Crippen LogP contribution in [0.25, 0.3) is 10.8 Å². The van der Waals surface area contributed by atoms with Crippen LogP contribution in [0.1, 0.15) is 20.7 Å². The number of amides is 1. The first-order valence-corrected chi connectivity index (χ1v) is 7.85.